The lowest BCUT2D eigenvalue weighted by atomic mass is 10.1. The Morgan fingerprint density at radius 1 is 1.32 bits per heavy atom. The van der Waals surface area contributed by atoms with Crippen LogP contribution in [0.4, 0.5) is 16.2 Å². The van der Waals surface area contributed by atoms with Crippen LogP contribution in [0.15, 0.2) is 24.3 Å². The van der Waals surface area contributed by atoms with E-state index in [4.69, 9.17) is 5.11 Å². The van der Waals surface area contributed by atoms with Gasteiger partial charge in [-0.1, -0.05) is 25.0 Å². The number of amides is 2. The number of rotatable bonds is 6. The van der Waals surface area contributed by atoms with Crippen molar-refractivity contribution in [2.24, 2.45) is 0 Å². The number of hydrogen-bond acceptors (Lipinski definition) is 3. The average Bonchev–Trinajstić information content (AvgIpc) is 3.06. The summed E-state index contributed by atoms with van der Waals surface area (Å²) in [5, 5.41) is 12.0. The van der Waals surface area contributed by atoms with Crippen molar-refractivity contribution in [2.45, 2.75) is 38.6 Å². The molecule has 0 aliphatic heterocycles. The van der Waals surface area contributed by atoms with Crippen LogP contribution >= 0.6 is 0 Å². The van der Waals surface area contributed by atoms with Crippen LogP contribution in [-0.2, 0) is 0 Å². The van der Waals surface area contributed by atoms with E-state index in [0.717, 1.165) is 11.4 Å². The molecule has 0 saturated heterocycles. The van der Waals surface area contributed by atoms with E-state index in [9.17, 15) is 4.79 Å². The number of anilines is 2. The number of aliphatic hydroxyl groups is 1. The largest absolute Gasteiger partial charge is 0.395 e. The standard InChI is InChI=1S/C17H27N3O2/c1-3-20(12-13-21)17(22)18-15-10-6-7-11-16(15)19(2)14-8-4-5-9-14/h6-7,10-11,14,21H,3-5,8-9,12-13H2,1-2H3,(H,18,22). The Morgan fingerprint density at radius 2 is 2.00 bits per heavy atom. The van der Waals surface area contributed by atoms with Gasteiger partial charge in [0.2, 0.25) is 0 Å². The van der Waals surface area contributed by atoms with E-state index in [2.05, 4.69) is 23.3 Å². The molecule has 0 heterocycles. The molecule has 0 bridgehead atoms. The molecule has 2 rings (SSSR count). The number of nitrogens with one attached hydrogen (secondary N) is 1. The van der Waals surface area contributed by atoms with Gasteiger partial charge in [-0.25, -0.2) is 4.79 Å². The summed E-state index contributed by atoms with van der Waals surface area (Å²) in [5.41, 5.74) is 1.89. The van der Waals surface area contributed by atoms with Gasteiger partial charge in [0.15, 0.2) is 0 Å². The van der Waals surface area contributed by atoms with Crippen molar-refractivity contribution in [3.05, 3.63) is 24.3 Å². The predicted octanol–water partition coefficient (Wildman–Crippen LogP) is 2.91. The average molecular weight is 305 g/mol. The van der Waals surface area contributed by atoms with Gasteiger partial charge in [-0.3, -0.25) is 0 Å². The number of urea groups is 1. The van der Waals surface area contributed by atoms with E-state index >= 15 is 0 Å². The molecule has 5 nitrogen and oxygen atoms in total. The SMILES string of the molecule is CCN(CCO)C(=O)Nc1ccccc1N(C)C1CCCC1. The molecule has 0 aromatic heterocycles. The van der Waals surface area contributed by atoms with E-state index in [-0.39, 0.29) is 12.6 Å². The molecule has 1 aliphatic carbocycles. The third kappa shape index (κ3) is 3.91. The van der Waals surface area contributed by atoms with E-state index in [1.807, 2.05) is 25.1 Å². The van der Waals surface area contributed by atoms with Crippen LogP contribution in [0.1, 0.15) is 32.6 Å². The summed E-state index contributed by atoms with van der Waals surface area (Å²) < 4.78 is 0. The number of para-hydroxylation sites is 2. The Kier molecular flexibility index (Phi) is 6.07. The van der Waals surface area contributed by atoms with Gasteiger partial charge in [0, 0.05) is 26.2 Å². The normalized spacial score (nSPS) is 14.9. The van der Waals surface area contributed by atoms with E-state index in [1.54, 1.807) is 4.90 Å². The van der Waals surface area contributed by atoms with Crippen molar-refractivity contribution in [3.8, 4) is 0 Å². The molecule has 5 heteroatoms. The molecule has 2 N–H and O–H groups in total. The lowest BCUT2D eigenvalue weighted by Crippen LogP contribution is -2.37. The Labute approximate surface area is 132 Å². The zero-order valence-electron chi connectivity index (χ0n) is 13.6. The molecule has 1 fully saturated rings. The molecular formula is C17H27N3O2. The Hall–Kier alpha value is -1.75. The molecule has 1 saturated carbocycles. The van der Waals surface area contributed by atoms with Crippen LogP contribution in [0, 0.1) is 0 Å². The monoisotopic (exact) mass is 305 g/mol. The highest BCUT2D eigenvalue weighted by Crippen LogP contribution is 2.31. The smallest absolute Gasteiger partial charge is 0.321 e. The van der Waals surface area contributed by atoms with E-state index in [1.165, 1.54) is 25.7 Å². The highest BCUT2D eigenvalue weighted by Gasteiger charge is 2.22. The van der Waals surface area contributed by atoms with Gasteiger partial charge >= 0.3 is 6.03 Å². The maximum Gasteiger partial charge on any atom is 0.321 e. The first-order valence-electron chi connectivity index (χ1n) is 8.16. The summed E-state index contributed by atoms with van der Waals surface area (Å²) >= 11 is 0. The summed E-state index contributed by atoms with van der Waals surface area (Å²) in [7, 11) is 2.10. The number of benzene rings is 1. The van der Waals surface area contributed by atoms with Crippen molar-refractivity contribution in [3.63, 3.8) is 0 Å². The molecular weight excluding hydrogens is 278 g/mol. The molecule has 22 heavy (non-hydrogen) atoms. The first-order chi connectivity index (χ1) is 10.7. The first-order valence-corrected chi connectivity index (χ1v) is 8.16. The molecule has 0 radical (unpaired) electrons. The summed E-state index contributed by atoms with van der Waals surface area (Å²) in [5.74, 6) is 0. The number of nitrogens with zero attached hydrogens (tertiary/aromatic N) is 2. The van der Waals surface area contributed by atoms with E-state index in [0.29, 0.717) is 19.1 Å². The second-order valence-corrected chi connectivity index (χ2v) is 5.80. The summed E-state index contributed by atoms with van der Waals surface area (Å²) in [6, 6.07) is 8.31. The molecule has 2 amide bonds. The number of aliphatic hydroxyl groups excluding tert-OH is 1. The number of likely N-dealkylation sites (N-methyl/N-ethyl adjacent to an activating group) is 1. The van der Waals surface area contributed by atoms with Gasteiger partial charge in [0.1, 0.15) is 0 Å². The van der Waals surface area contributed by atoms with Crippen LogP contribution in [0.2, 0.25) is 0 Å². The topological polar surface area (TPSA) is 55.8 Å². The van der Waals surface area contributed by atoms with Crippen molar-refractivity contribution in [1.29, 1.82) is 0 Å². The van der Waals surface area contributed by atoms with Gasteiger partial charge in [0.05, 0.1) is 18.0 Å². The molecule has 0 spiro atoms. The lowest BCUT2D eigenvalue weighted by Gasteiger charge is -2.29. The van der Waals surface area contributed by atoms with Crippen LogP contribution in [0.3, 0.4) is 0 Å². The number of carbonyl (C=O) groups excluding carboxylic acids is 1. The third-order valence-electron chi connectivity index (χ3n) is 4.44. The molecule has 1 aromatic rings. The minimum atomic E-state index is -0.163. The zero-order valence-corrected chi connectivity index (χ0v) is 13.6. The minimum Gasteiger partial charge on any atom is -0.395 e. The van der Waals surface area contributed by atoms with Crippen molar-refractivity contribution < 1.29 is 9.90 Å². The Morgan fingerprint density at radius 3 is 2.64 bits per heavy atom. The highest BCUT2D eigenvalue weighted by molar-refractivity contribution is 5.93. The first kappa shape index (κ1) is 16.6. The van der Waals surface area contributed by atoms with Gasteiger partial charge < -0.3 is 20.2 Å². The Bertz CT molecular complexity index is 487. The third-order valence-corrected chi connectivity index (χ3v) is 4.44. The molecule has 1 aliphatic rings. The van der Waals surface area contributed by atoms with Crippen molar-refractivity contribution in [2.75, 3.05) is 37.0 Å². The van der Waals surface area contributed by atoms with Gasteiger partial charge in [-0.2, -0.15) is 0 Å². The van der Waals surface area contributed by atoms with Gasteiger partial charge in [-0.15, -0.1) is 0 Å². The lowest BCUT2D eigenvalue weighted by molar-refractivity contribution is 0.192. The maximum atomic E-state index is 12.3. The fourth-order valence-electron chi connectivity index (χ4n) is 3.09. The van der Waals surface area contributed by atoms with Gasteiger partial charge in [-0.05, 0) is 31.9 Å². The van der Waals surface area contributed by atoms with E-state index < -0.39 is 0 Å². The molecule has 0 unspecified atom stereocenters. The second kappa shape index (κ2) is 8.03. The quantitative estimate of drug-likeness (QED) is 0.849. The maximum absolute atomic E-state index is 12.3. The summed E-state index contributed by atoms with van der Waals surface area (Å²) in [6.07, 6.45) is 4.99. The van der Waals surface area contributed by atoms with Crippen LogP contribution in [0.5, 0.6) is 0 Å². The van der Waals surface area contributed by atoms with Crippen molar-refractivity contribution >= 4 is 17.4 Å². The fraction of sp³-hybridized carbons (Fsp3) is 0.588. The minimum absolute atomic E-state index is 0.0229. The number of carbonyl (C=O) groups is 1. The summed E-state index contributed by atoms with van der Waals surface area (Å²) in [6.45, 7) is 2.81. The molecule has 122 valence electrons. The Balaban J connectivity index is 2.12. The number of hydrogen-bond donors (Lipinski definition) is 2. The van der Waals surface area contributed by atoms with Crippen LogP contribution in [-0.4, -0.2) is 48.8 Å². The van der Waals surface area contributed by atoms with Crippen LogP contribution in [0.25, 0.3) is 0 Å². The van der Waals surface area contributed by atoms with Crippen molar-refractivity contribution in [1.82, 2.24) is 4.90 Å². The zero-order chi connectivity index (χ0) is 15.9. The molecule has 1 aromatic carbocycles. The summed E-state index contributed by atoms with van der Waals surface area (Å²) in [4.78, 5) is 16.2. The predicted molar refractivity (Wildman–Crippen MR) is 90.5 cm³/mol. The molecule has 0 atom stereocenters. The van der Waals surface area contributed by atoms with Crippen LogP contribution < -0.4 is 10.2 Å². The highest BCUT2D eigenvalue weighted by atomic mass is 16.3. The van der Waals surface area contributed by atoms with Gasteiger partial charge in [0.25, 0.3) is 0 Å². The second-order valence-electron chi connectivity index (χ2n) is 5.80. The fourth-order valence-corrected chi connectivity index (χ4v) is 3.09.